The Balaban J connectivity index is 2.38. The van der Waals surface area contributed by atoms with E-state index in [1.165, 1.54) is 36.4 Å². The van der Waals surface area contributed by atoms with Crippen LogP contribution in [0.3, 0.4) is 0 Å². The molecule has 0 saturated carbocycles. The van der Waals surface area contributed by atoms with E-state index in [9.17, 15) is 14.5 Å². The molecule has 0 spiro atoms. The summed E-state index contributed by atoms with van der Waals surface area (Å²) >= 11 is 3.20. The van der Waals surface area contributed by atoms with Crippen LogP contribution in [0.15, 0.2) is 40.9 Å². The largest absolute Gasteiger partial charge is 0.456 e. The molecule has 0 heterocycles. The Kier molecular flexibility index (Phi) is 3.66. The van der Waals surface area contributed by atoms with Crippen LogP contribution in [0.25, 0.3) is 0 Å². The van der Waals surface area contributed by atoms with Gasteiger partial charge in [0.25, 0.3) is 5.69 Å². The van der Waals surface area contributed by atoms with E-state index < -0.39 is 10.7 Å². The number of rotatable bonds is 3. The Bertz CT molecular complexity index is 649. The zero-order chi connectivity index (χ0) is 14.0. The maximum absolute atomic E-state index is 13.1. The minimum absolute atomic E-state index is 0.165. The Morgan fingerprint density at radius 2 is 2.00 bits per heavy atom. The molecule has 0 aliphatic rings. The predicted molar refractivity (Wildman–Crippen MR) is 71.7 cm³/mol. The van der Waals surface area contributed by atoms with Crippen molar-refractivity contribution < 1.29 is 14.1 Å². The average molecular weight is 327 g/mol. The van der Waals surface area contributed by atoms with E-state index in [0.29, 0.717) is 4.47 Å². The lowest BCUT2D eigenvalue weighted by molar-refractivity contribution is -0.384. The van der Waals surface area contributed by atoms with Gasteiger partial charge in [0.1, 0.15) is 17.3 Å². The number of nitrogen functional groups attached to an aromatic ring is 1. The van der Waals surface area contributed by atoms with Crippen LogP contribution in [0, 0.1) is 15.9 Å². The van der Waals surface area contributed by atoms with Gasteiger partial charge in [-0.2, -0.15) is 0 Å². The lowest BCUT2D eigenvalue weighted by Gasteiger charge is -2.08. The van der Waals surface area contributed by atoms with Gasteiger partial charge in [-0.1, -0.05) is 0 Å². The highest BCUT2D eigenvalue weighted by Gasteiger charge is 2.11. The number of anilines is 1. The number of nitrogens with zero attached hydrogens (tertiary/aromatic N) is 1. The summed E-state index contributed by atoms with van der Waals surface area (Å²) in [5.41, 5.74) is 5.55. The molecule has 0 unspecified atom stereocenters. The number of ether oxygens (including phenoxy) is 1. The van der Waals surface area contributed by atoms with Crippen LogP contribution in [0.4, 0.5) is 15.8 Å². The molecule has 0 bridgehead atoms. The second-order valence-electron chi connectivity index (χ2n) is 3.69. The van der Waals surface area contributed by atoms with Crippen LogP contribution in [-0.2, 0) is 0 Å². The molecule has 98 valence electrons. The van der Waals surface area contributed by atoms with Crippen LogP contribution in [0.2, 0.25) is 0 Å². The van der Waals surface area contributed by atoms with Gasteiger partial charge < -0.3 is 10.5 Å². The first kappa shape index (κ1) is 13.3. The molecule has 5 nitrogen and oxygen atoms in total. The van der Waals surface area contributed by atoms with Crippen molar-refractivity contribution >= 4 is 27.3 Å². The molecule has 2 N–H and O–H groups in total. The summed E-state index contributed by atoms with van der Waals surface area (Å²) in [6.45, 7) is 0. The first-order valence-corrected chi connectivity index (χ1v) is 5.93. The van der Waals surface area contributed by atoms with Crippen molar-refractivity contribution in [1.82, 2.24) is 0 Å². The molecular weight excluding hydrogens is 319 g/mol. The summed E-state index contributed by atoms with van der Waals surface area (Å²) in [4.78, 5) is 10.1. The number of non-ortho nitro benzene ring substituents is 1. The van der Waals surface area contributed by atoms with Gasteiger partial charge in [0, 0.05) is 23.9 Å². The third-order valence-corrected chi connectivity index (χ3v) is 2.90. The molecule has 19 heavy (non-hydrogen) atoms. The Labute approximate surface area is 116 Å². The van der Waals surface area contributed by atoms with Gasteiger partial charge >= 0.3 is 0 Å². The predicted octanol–water partition coefficient (Wildman–Crippen LogP) is 3.87. The fraction of sp³-hybridized carbons (Fsp3) is 0. The average Bonchev–Trinajstić information content (AvgIpc) is 2.33. The molecule has 2 rings (SSSR count). The third-order valence-electron chi connectivity index (χ3n) is 2.25. The highest BCUT2D eigenvalue weighted by Crippen LogP contribution is 2.33. The van der Waals surface area contributed by atoms with Crippen LogP contribution in [0.1, 0.15) is 0 Å². The van der Waals surface area contributed by atoms with Crippen molar-refractivity contribution in [2.24, 2.45) is 0 Å². The van der Waals surface area contributed by atoms with Gasteiger partial charge in [0.2, 0.25) is 0 Å². The van der Waals surface area contributed by atoms with Crippen LogP contribution >= 0.6 is 15.9 Å². The van der Waals surface area contributed by atoms with Gasteiger partial charge in [-0.3, -0.25) is 10.1 Å². The Hall–Kier alpha value is -2.15. The number of hydrogen-bond donors (Lipinski definition) is 1. The second kappa shape index (κ2) is 5.23. The molecule has 0 radical (unpaired) electrons. The Morgan fingerprint density at radius 1 is 1.26 bits per heavy atom. The molecule has 0 amide bonds. The van der Waals surface area contributed by atoms with Gasteiger partial charge in [0.15, 0.2) is 0 Å². The normalized spacial score (nSPS) is 10.2. The van der Waals surface area contributed by atoms with Crippen molar-refractivity contribution in [3.63, 3.8) is 0 Å². The summed E-state index contributed by atoms with van der Waals surface area (Å²) in [6, 6.07) is 7.76. The number of hydrogen-bond acceptors (Lipinski definition) is 4. The molecule has 2 aromatic carbocycles. The van der Waals surface area contributed by atoms with Crippen molar-refractivity contribution in [1.29, 1.82) is 0 Å². The first-order chi connectivity index (χ1) is 8.95. The number of benzene rings is 2. The molecule has 0 saturated heterocycles. The second-order valence-corrected chi connectivity index (χ2v) is 4.55. The first-order valence-electron chi connectivity index (χ1n) is 5.13. The van der Waals surface area contributed by atoms with Gasteiger partial charge in [0.05, 0.1) is 15.5 Å². The van der Waals surface area contributed by atoms with E-state index in [0.717, 1.165) is 0 Å². The molecule has 0 aliphatic heterocycles. The van der Waals surface area contributed by atoms with Crippen molar-refractivity contribution in [2.75, 3.05) is 5.73 Å². The van der Waals surface area contributed by atoms with Crippen LogP contribution in [0.5, 0.6) is 11.5 Å². The number of halogens is 2. The molecular formula is C12H8BrFN2O3. The topological polar surface area (TPSA) is 78.4 Å². The zero-order valence-electron chi connectivity index (χ0n) is 9.47. The maximum atomic E-state index is 13.1. The van der Waals surface area contributed by atoms with E-state index in [4.69, 9.17) is 10.5 Å². The third kappa shape index (κ3) is 3.19. The van der Waals surface area contributed by atoms with Crippen molar-refractivity contribution in [3.05, 3.63) is 56.8 Å². The molecule has 0 fully saturated rings. The quantitative estimate of drug-likeness (QED) is 0.527. The molecule has 0 aromatic heterocycles. The Morgan fingerprint density at radius 3 is 2.68 bits per heavy atom. The fourth-order valence-electron chi connectivity index (χ4n) is 1.45. The summed E-state index contributed by atoms with van der Waals surface area (Å²) in [5.74, 6) is -0.102. The highest BCUT2D eigenvalue weighted by molar-refractivity contribution is 9.10. The monoisotopic (exact) mass is 326 g/mol. The van der Waals surface area contributed by atoms with E-state index in [1.807, 2.05) is 0 Å². The van der Waals surface area contributed by atoms with Gasteiger partial charge in [-0.15, -0.1) is 0 Å². The lowest BCUT2D eigenvalue weighted by Crippen LogP contribution is -1.94. The number of nitrogens with two attached hydrogens (primary N) is 1. The van der Waals surface area contributed by atoms with Crippen molar-refractivity contribution in [3.8, 4) is 11.5 Å². The van der Waals surface area contributed by atoms with Crippen molar-refractivity contribution in [2.45, 2.75) is 0 Å². The molecule has 0 atom stereocenters. The van der Waals surface area contributed by atoms with Crippen LogP contribution < -0.4 is 10.5 Å². The molecule has 2 aromatic rings. The fourth-order valence-corrected chi connectivity index (χ4v) is 1.78. The summed E-state index contributed by atoms with van der Waals surface area (Å²) in [7, 11) is 0. The van der Waals surface area contributed by atoms with E-state index in [1.54, 1.807) is 0 Å². The van der Waals surface area contributed by atoms with E-state index >= 15 is 0 Å². The van der Waals surface area contributed by atoms with E-state index in [-0.39, 0.29) is 22.9 Å². The SMILES string of the molecule is Nc1cc(Oc2cc(F)ccc2Br)cc([N+](=O)[O-])c1. The highest BCUT2D eigenvalue weighted by atomic mass is 79.9. The molecule has 0 aliphatic carbocycles. The maximum Gasteiger partial charge on any atom is 0.275 e. The zero-order valence-corrected chi connectivity index (χ0v) is 11.1. The number of nitro benzene ring substituents is 1. The minimum Gasteiger partial charge on any atom is -0.456 e. The summed E-state index contributed by atoms with van der Waals surface area (Å²) in [6.07, 6.45) is 0. The molecule has 7 heteroatoms. The summed E-state index contributed by atoms with van der Waals surface area (Å²) < 4.78 is 19.0. The van der Waals surface area contributed by atoms with E-state index in [2.05, 4.69) is 15.9 Å². The van der Waals surface area contributed by atoms with Crippen LogP contribution in [-0.4, -0.2) is 4.92 Å². The summed E-state index contributed by atoms with van der Waals surface area (Å²) in [5, 5.41) is 10.7. The lowest BCUT2D eigenvalue weighted by atomic mass is 10.2. The standard InChI is InChI=1S/C12H8BrFN2O3/c13-11-2-1-7(14)3-12(11)19-10-5-8(15)4-9(6-10)16(17)18/h1-6H,15H2. The van der Waals surface area contributed by atoms with Gasteiger partial charge in [-0.05, 0) is 28.1 Å². The van der Waals surface area contributed by atoms with Gasteiger partial charge in [-0.25, -0.2) is 4.39 Å². The minimum atomic E-state index is -0.580. The smallest absolute Gasteiger partial charge is 0.275 e. The number of nitro groups is 1.